The summed E-state index contributed by atoms with van der Waals surface area (Å²) in [5, 5.41) is 0. The van der Waals surface area contributed by atoms with E-state index in [1.807, 2.05) is 6.92 Å². The fourth-order valence-corrected chi connectivity index (χ4v) is 1.67. The number of aromatic nitrogens is 1. The molecule has 0 amide bonds. The van der Waals surface area contributed by atoms with E-state index in [1.54, 1.807) is 6.20 Å². The number of rotatable bonds is 4. The zero-order valence-corrected chi connectivity index (χ0v) is 11.0. The highest BCUT2D eigenvalue weighted by Crippen LogP contribution is 2.20. The molecule has 0 radical (unpaired) electrons. The minimum absolute atomic E-state index is 0.456. The summed E-state index contributed by atoms with van der Waals surface area (Å²) >= 11 is 0. The molecule has 0 bridgehead atoms. The molecule has 1 aromatic heterocycles. The maximum atomic E-state index is 5.79. The molecule has 16 heavy (non-hydrogen) atoms. The van der Waals surface area contributed by atoms with Crippen molar-refractivity contribution in [2.75, 3.05) is 17.2 Å². The van der Waals surface area contributed by atoms with E-state index < -0.39 is 0 Å². The predicted octanol–water partition coefficient (Wildman–Crippen LogP) is 2.84. The predicted molar refractivity (Wildman–Crippen MR) is 70.7 cm³/mol. The van der Waals surface area contributed by atoms with Crippen molar-refractivity contribution in [2.45, 2.75) is 40.7 Å². The van der Waals surface area contributed by atoms with Crippen LogP contribution in [0.5, 0.6) is 0 Å². The van der Waals surface area contributed by atoms with Gasteiger partial charge in [-0.05, 0) is 38.3 Å². The van der Waals surface area contributed by atoms with Crippen molar-refractivity contribution in [1.29, 1.82) is 0 Å². The van der Waals surface area contributed by atoms with Crippen molar-refractivity contribution in [3.63, 3.8) is 0 Å². The van der Waals surface area contributed by atoms with Crippen LogP contribution in [0.2, 0.25) is 0 Å². The smallest absolute Gasteiger partial charge is 0.129 e. The second-order valence-electron chi connectivity index (χ2n) is 5.04. The Hall–Kier alpha value is -1.25. The van der Waals surface area contributed by atoms with Crippen LogP contribution in [0.4, 0.5) is 11.5 Å². The first kappa shape index (κ1) is 12.8. The van der Waals surface area contributed by atoms with Gasteiger partial charge in [0.25, 0.3) is 0 Å². The van der Waals surface area contributed by atoms with Crippen LogP contribution in [0, 0.1) is 12.8 Å². The van der Waals surface area contributed by atoms with Crippen LogP contribution in [-0.4, -0.2) is 17.6 Å². The maximum absolute atomic E-state index is 5.79. The molecule has 2 N–H and O–H groups in total. The molecular formula is C13H23N3. The molecule has 0 saturated heterocycles. The van der Waals surface area contributed by atoms with E-state index in [0.29, 0.717) is 12.0 Å². The molecule has 3 nitrogen and oxygen atoms in total. The summed E-state index contributed by atoms with van der Waals surface area (Å²) < 4.78 is 0. The molecular weight excluding hydrogens is 198 g/mol. The molecule has 0 unspecified atom stereocenters. The summed E-state index contributed by atoms with van der Waals surface area (Å²) in [5.41, 5.74) is 7.64. The molecule has 90 valence electrons. The topological polar surface area (TPSA) is 42.2 Å². The van der Waals surface area contributed by atoms with E-state index >= 15 is 0 Å². The molecule has 0 aromatic carbocycles. The maximum Gasteiger partial charge on any atom is 0.129 e. The Bertz CT molecular complexity index is 345. The molecule has 0 saturated carbocycles. The van der Waals surface area contributed by atoms with Crippen LogP contribution >= 0.6 is 0 Å². The molecule has 1 rings (SSSR count). The van der Waals surface area contributed by atoms with Gasteiger partial charge in [-0.2, -0.15) is 0 Å². The number of nitrogens with two attached hydrogens (primary N) is 1. The first-order valence-corrected chi connectivity index (χ1v) is 5.90. The molecule has 0 aliphatic rings. The van der Waals surface area contributed by atoms with Crippen LogP contribution in [0.3, 0.4) is 0 Å². The summed E-state index contributed by atoms with van der Waals surface area (Å²) in [4.78, 5) is 6.73. The van der Waals surface area contributed by atoms with Crippen LogP contribution in [0.15, 0.2) is 12.3 Å². The van der Waals surface area contributed by atoms with Crippen molar-refractivity contribution in [2.24, 2.45) is 5.92 Å². The SMILES string of the molecule is Cc1cc(N(CC(C)C)C(C)C)ncc1N. The summed E-state index contributed by atoms with van der Waals surface area (Å²) in [6.45, 7) is 11.9. The van der Waals surface area contributed by atoms with Crippen LogP contribution in [-0.2, 0) is 0 Å². The van der Waals surface area contributed by atoms with Crippen molar-refractivity contribution >= 4 is 11.5 Å². The monoisotopic (exact) mass is 221 g/mol. The number of anilines is 2. The standard InChI is InChI=1S/C13H23N3/c1-9(2)8-16(10(3)4)13-6-11(5)12(14)7-15-13/h6-7,9-10H,8,14H2,1-5H3. The lowest BCUT2D eigenvalue weighted by atomic mass is 10.1. The zero-order valence-electron chi connectivity index (χ0n) is 11.0. The second kappa shape index (κ2) is 5.19. The molecule has 0 fully saturated rings. The Kier molecular flexibility index (Phi) is 4.16. The van der Waals surface area contributed by atoms with Crippen molar-refractivity contribution in [3.05, 3.63) is 17.8 Å². The van der Waals surface area contributed by atoms with Gasteiger partial charge in [0.1, 0.15) is 5.82 Å². The first-order valence-electron chi connectivity index (χ1n) is 5.90. The Morgan fingerprint density at radius 2 is 1.94 bits per heavy atom. The Labute approximate surface area is 98.7 Å². The number of pyridine rings is 1. The van der Waals surface area contributed by atoms with Gasteiger partial charge in [-0.25, -0.2) is 4.98 Å². The van der Waals surface area contributed by atoms with E-state index in [-0.39, 0.29) is 0 Å². The lowest BCUT2D eigenvalue weighted by Crippen LogP contribution is -2.34. The molecule has 0 aliphatic heterocycles. The van der Waals surface area contributed by atoms with Gasteiger partial charge >= 0.3 is 0 Å². The fourth-order valence-electron chi connectivity index (χ4n) is 1.67. The van der Waals surface area contributed by atoms with Crippen molar-refractivity contribution in [1.82, 2.24) is 4.98 Å². The van der Waals surface area contributed by atoms with Gasteiger partial charge in [0.05, 0.1) is 11.9 Å². The van der Waals surface area contributed by atoms with Gasteiger partial charge in [0.2, 0.25) is 0 Å². The van der Waals surface area contributed by atoms with E-state index in [2.05, 4.69) is 43.6 Å². The van der Waals surface area contributed by atoms with Gasteiger partial charge in [-0.15, -0.1) is 0 Å². The zero-order chi connectivity index (χ0) is 12.3. The van der Waals surface area contributed by atoms with Crippen molar-refractivity contribution < 1.29 is 0 Å². The van der Waals surface area contributed by atoms with Gasteiger partial charge in [0.15, 0.2) is 0 Å². The third-order valence-corrected chi connectivity index (χ3v) is 2.62. The minimum Gasteiger partial charge on any atom is -0.397 e. The molecule has 0 spiro atoms. The molecule has 3 heteroatoms. The van der Waals surface area contributed by atoms with Gasteiger partial charge in [-0.3, -0.25) is 0 Å². The quantitative estimate of drug-likeness (QED) is 0.850. The molecule has 0 atom stereocenters. The summed E-state index contributed by atoms with van der Waals surface area (Å²) in [7, 11) is 0. The van der Waals surface area contributed by atoms with Crippen molar-refractivity contribution in [3.8, 4) is 0 Å². The highest BCUT2D eigenvalue weighted by molar-refractivity contribution is 5.52. The molecule has 1 aromatic rings. The average molecular weight is 221 g/mol. The summed E-state index contributed by atoms with van der Waals surface area (Å²) in [6, 6.07) is 2.52. The number of hydrogen-bond donors (Lipinski definition) is 1. The van der Waals surface area contributed by atoms with E-state index in [0.717, 1.165) is 23.6 Å². The number of nitrogens with zero attached hydrogens (tertiary/aromatic N) is 2. The first-order chi connectivity index (χ1) is 7.41. The van der Waals surface area contributed by atoms with Crippen LogP contribution < -0.4 is 10.6 Å². The largest absolute Gasteiger partial charge is 0.397 e. The Morgan fingerprint density at radius 3 is 2.38 bits per heavy atom. The highest BCUT2D eigenvalue weighted by Gasteiger charge is 2.13. The van der Waals surface area contributed by atoms with Crippen LogP contribution in [0.25, 0.3) is 0 Å². The van der Waals surface area contributed by atoms with E-state index in [9.17, 15) is 0 Å². The average Bonchev–Trinajstić information content (AvgIpc) is 2.18. The lowest BCUT2D eigenvalue weighted by Gasteiger charge is -2.30. The van der Waals surface area contributed by atoms with Gasteiger partial charge < -0.3 is 10.6 Å². The van der Waals surface area contributed by atoms with Gasteiger partial charge in [0, 0.05) is 12.6 Å². The summed E-state index contributed by atoms with van der Waals surface area (Å²) in [6.07, 6.45) is 1.75. The van der Waals surface area contributed by atoms with E-state index in [4.69, 9.17) is 5.73 Å². The molecule has 1 heterocycles. The number of aryl methyl sites for hydroxylation is 1. The second-order valence-corrected chi connectivity index (χ2v) is 5.04. The van der Waals surface area contributed by atoms with Crippen LogP contribution in [0.1, 0.15) is 33.3 Å². The van der Waals surface area contributed by atoms with E-state index in [1.165, 1.54) is 0 Å². The molecule has 0 aliphatic carbocycles. The number of nitrogen functional groups attached to an aromatic ring is 1. The lowest BCUT2D eigenvalue weighted by molar-refractivity contribution is 0.566. The third-order valence-electron chi connectivity index (χ3n) is 2.62. The number of hydrogen-bond acceptors (Lipinski definition) is 3. The Morgan fingerprint density at radius 1 is 1.31 bits per heavy atom. The highest BCUT2D eigenvalue weighted by atomic mass is 15.2. The fraction of sp³-hybridized carbons (Fsp3) is 0.615. The Balaban J connectivity index is 2.97. The third kappa shape index (κ3) is 3.12. The summed E-state index contributed by atoms with van der Waals surface area (Å²) in [5.74, 6) is 1.65. The van der Waals surface area contributed by atoms with Gasteiger partial charge in [-0.1, -0.05) is 13.8 Å². The normalized spacial score (nSPS) is 11.2. The minimum atomic E-state index is 0.456.